The van der Waals surface area contributed by atoms with Gasteiger partial charge in [-0.1, -0.05) is 32.6 Å². The number of hydrogen-bond acceptors (Lipinski definition) is 3. The van der Waals surface area contributed by atoms with Crippen molar-refractivity contribution in [2.75, 3.05) is 17.0 Å². The third-order valence-electron chi connectivity index (χ3n) is 2.19. The summed E-state index contributed by atoms with van der Waals surface area (Å²) in [4.78, 5) is 0. The number of hydrogen-bond donors (Lipinski definition) is 2. The number of rotatable bonds is 3. The molecule has 0 unspecified atom stereocenters. The Bertz CT molecular complexity index is 637. The van der Waals surface area contributed by atoms with Gasteiger partial charge in [0.05, 0.1) is 17.9 Å². The van der Waals surface area contributed by atoms with Crippen molar-refractivity contribution in [2.24, 2.45) is 11.1 Å². The predicted molar refractivity (Wildman–Crippen MR) is 79.2 cm³/mol. The largest absolute Gasteiger partial charge is 0.320 e. The fourth-order valence-electron chi connectivity index (χ4n) is 1.62. The highest BCUT2D eigenvalue weighted by Gasteiger charge is 2.21. The Morgan fingerprint density at radius 3 is 2.55 bits per heavy atom. The maximum Gasteiger partial charge on any atom is 0.233 e. The molecule has 0 atom stereocenters. The molecule has 0 amide bonds. The molecular formula is C14H19FN2O2S. The number of nitrogens with one attached hydrogen (secondary N) is 1. The fraction of sp³-hybridized carbons (Fsp3) is 0.429. The normalized spacial score (nSPS) is 11.7. The Morgan fingerprint density at radius 2 is 2.00 bits per heavy atom. The van der Waals surface area contributed by atoms with Crippen LogP contribution in [-0.4, -0.2) is 20.7 Å². The molecule has 1 rings (SSSR count). The second-order valence-corrected chi connectivity index (χ2v) is 7.34. The van der Waals surface area contributed by atoms with Crippen molar-refractivity contribution < 1.29 is 12.8 Å². The molecule has 110 valence electrons. The van der Waals surface area contributed by atoms with Crippen LogP contribution in [0.2, 0.25) is 0 Å². The summed E-state index contributed by atoms with van der Waals surface area (Å²) in [6.07, 6.45) is 0. The van der Waals surface area contributed by atoms with E-state index in [9.17, 15) is 12.8 Å². The zero-order valence-corrected chi connectivity index (χ0v) is 12.6. The molecular weight excluding hydrogens is 279 g/mol. The van der Waals surface area contributed by atoms with Gasteiger partial charge in [-0.25, -0.2) is 12.8 Å². The zero-order valence-electron chi connectivity index (χ0n) is 11.8. The van der Waals surface area contributed by atoms with Crippen molar-refractivity contribution in [3.63, 3.8) is 0 Å². The quantitative estimate of drug-likeness (QED) is 0.837. The summed E-state index contributed by atoms with van der Waals surface area (Å²) in [6, 6.07) is 3.90. The first-order chi connectivity index (χ1) is 9.13. The molecule has 0 fully saturated rings. The summed E-state index contributed by atoms with van der Waals surface area (Å²) in [6.45, 7) is 5.60. The summed E-state index contributed by atoms with van der Waals surface area (Å²) in [5, 5.41) is 0. The first kappa shape index (κ1) is 16.5. The minimum absolute atomic E-state index is 0.0266. The molecule has 0 radical (unpaired) electrons. The number of benzene rings is 1. The van der Waals surface area contributed by atoms with Gasteiger partial charge in [-0.3, -0.25) is 4.72 Å². The van der Waals surface area contributed by atoms with E-state index < -0.39 is 15.8 Å². The van der Waals surface area contributed by atoms with Gasteiger partial charge in [-0.05, 0) is 23.6 Å². The van der Waals surface area contributed by atoms with Gasteiger partial charge in [0.1, 0.15) is 5.82 Å². The molecule has 3 N–H and O–H groups in total. The second kappa shape index (κ2) is 6.25. The molecule has 4 nitrogen and oxygen atoms in total. The molecule has 1 aromatic rings. The Hall–Kier alpha value is -1.58. The fourth-order valence-corrected chi connectivity index (χ4v) is 3.31. The Balaban J connectivity index is 2.99. The van der Waals surface area contributed by atoms with E-state index in [4.69, 9.17) is 5.73 Å². The maximum absolute atomic E-state index is 13.5. The number of halogens is 1. The second-order valence-electron chi connectivity index (χ2n) is 5.62. The summed E-state index contributed by atoms with van der Waals surface area (Å²) < 4.78 is 39.8. The summed E-state index contributed by atoms with van der Waals surface area (Å²) >= 11 is 0. The molecule has 0 aliphatic heterocycles. The molecule has 0 saturated carbocycles. The van der Waals surface area contributed by atoms with E-state index >= 15 is 0 Å². The molecule has 0 saturated heterocycles. The van der Waals surface area contributed by atoms with Gasteiger partial charge < -0.3 is 5.73 Å². The van der Waals surface area contributed by atoms with E-state index in [1.807, 2.05) is 20.8 Å². The van der Waals surface area contributed by atoms with E-state index in [1.165, 1.54) is 18.2 Å². The first-order valence-electron chi connectivity index (χ1n) is 6.12. The highest BCUT2D eigenvalue weighted by Crippen LogP contribution is 2.20. The number of anilines is 1. The van der Waals surface area contributed by atoms with Crippen LogP contribution in [0.1, 0.15) is 26.3 Å². The van der Waals surface area contributed by atoms with Crippen LogP contribution >= 0.6 is 0 Å². The lowest BCUT2D eigenvalue weighted by Gasteiger charge is -2.18. The van der Waals surface area contributed by atoms with Gasteiger partial charge in [-0.2, -0.15) is 0 Å². The molecule has 0 aliphatic carbocycles. The average Bonchev–Trinajstić information content (AvgIpc) is 2.26. The van der Waals surface area contributed by atoms with E-state index in [-0.39, 0.29) is 29.0 Å². The van der Waals surface area contributed by atoms with Crippen molar-refractivity contribution >= 4 is 15.7 Å². The van der Waals surface area contributed by atoms with Gasteiger partial charge in [-0.15, -0.1) is 0 Å². The van der Waals surface area contributed by atoms with E-state index in [1.54, 1.807) is 0 Å². The summed E-state index contributed by atoms with van der Waals surface area (Å²) in [7, 11) is -3.49. The van der Waals surface area contributed by atoms with Crippen molar-refractivity contribution in [1.82, 2.24) is 0 Å². The SMILES string of the molecule is CC(C)(C)CS(=O)(=O)Nc1ccc(F)c(C#CCN)c1. The lowest BCUT2D eigenvalue weighted by Crippen LogP contribution is -2.26. The van der Waals surface area contributed by atoms with Gasteiger partial charge in [0.25, 0.3) is 0 Å². The van der Waals surface area contributed by atoms with Crippen LogP contribution in [0.5, 0.6) is 0 Å². The van der Waals surface area contributed by atoms with Crippen molar-refractivity contribution in [3.05, 3.63) is 29.6 Å². The monoisotopic (exact) mass is 298 g/mol. The molecule has 0 heterocycles. The molecule has 0 spiro atoms. The predicted octanol–water partition coefficient (Wildman–Crippen LogP) is 1.92. The van der Waals surface area contributed by atoms with Crippen LogP contribution in [0.15, 0.2) is 18.2 Å². The smallest absolute Gasteiger partial charge is 0.233 e. The van der Waals surface area contributed by atoms with Crippen LogP contribution in [-0.2, 0) is 10.0 Å². The zero-order chi connectivity index (χ0) is 15.4. The third-order valence-corrected chi connectivity index (χ3v) is 3.98. The Kier molecular flexibility index (Phi) is 5.15. The minimum atomic E-state index is -3.49. The first-order valence-corrected chi connectivity index (χ1v) is 7.77. The van der Waals surface area contributed by atoms with Crippen LogP contribution in [0.3, 0.4) is 0 Å². The molecule has 6 heteroatoms. The van der Waals surface area contributed by atoms with Gasteiger partial charge in [0, 0.05) is 5.69 Å². The Labute approximate surface area is 119 Å². The van der Waals surface area contributed by atoms with Crippen LogP contribution in [0, 0.1) is 23.1 Å². The third kappa shape index (κ3) is 5.59. The van der Waals surface area contributed by atoms with Crippen LogP contribution in [0.25, 0.3) is 0 Å². The van der Waals surface area contributed by atoms with Gasteiger partial charge in [0.2, 0.25) is 10.0 Å². The number of nitrogens with two attached hydrogens (primary N) is 1. The highest BCUT2D eigenvalue weighted by atomic mass is 32.2. The van der Waals surface area contributed by atoms with Gasteiger partial charge >= 0.3 is 0 Å². The molecule has 20 heavy (non-hydrogen) atoms. The van der Waals surface area contributed by atoms with Crippen molar-refractivity contribution in [3.8, 4) is 11.8 Å². The Morgan fingerprint density at radius 1 is 1.35 bits per heavy atom. The standard InChI is InChI=1S/C14H19FN2O2S/c1-14(2,3)10-20(18,19)17-12-6-7-13(15)11(9-12)5-4-8-16/h6-7,9,17H,8,10,16H2,1-3H3. The van der Waals surface area contributed by atoms with Crippen LogP contribution in [0.4, 0.5) is 10.1 Å². The maximum atomic E-state index is 13.5. The highest BCUT2D eigenvalue weighted by molar-refractivity contribution is 7.92. The molecule has 0 aromatic heterocycles. The number of sulfonamides is 1. The van der Waals surface area contributed by atoms with Gasteiger partial charge in [0.15, 0.2) is 0 Å². The lowest BCUT2D eigenvalue weighted by molar-refractivity contribution is 0.463. The molecule has 1 aromatic carbocycles. The lowest BCUT2D eigenvalue weighted by atomic mass is 10.0. The van der Waals surface area contributed by atoms with Crippen LogP contribution < -0.4 is 10.5 Å². The van der Waals surface area contributed by atoms with Crippen molar-refractivity contribution in [1.29, 1.82) is 0 Å². The molecule has 0 aliphatic rings. The minimum Gasteiger partial charge on any atom is -0.320 e. The van der Waals surface area contributed by atoms with E-state index in [0.717, 1.165) is 0 Å². The summed E-state index contributed by atoms with van der Waals surface area (Å²) in [5.74, 6) is 4.56. The molecule has 0 bridgehead atoms. The summed E-state index contributed by atoms with van der Waals surface area (Å²) in [5.41, 5.74) is 5.27. The van der Waals surface area contributed by atoms with E-state index in [0.29, 0.717) is 0 Å². The van der Waals surface area contributed by atoms with E-state index in [2.05, 4.69) is 16.6 Å². The van der Waals surface area contributed by atoms with Crippen molar-refractivity contribution in [2.45, 2.75) is 20.8 Å². The average molecular weight is 298 g/mol. The topological polar surface area (TPSA) is 72.2 Å².